The number of hydrogen-bond donors (Lipinski definition) is 1. The van der Waals surface area contributed by atoms with Gasteiger partial charge in [-0.1, -0.05) is 25.1 Å². The van der Waals surface area contributed by atoms with Crippen LogP contribution < -0.4 is 5.32 Å². The average molecular weight is 247 g/mol. The summed E-state index contributed by atoms with van der Waals surface area (Å²) in [4.78, 5) is 12.0. The molecule has 1 fully saturated rings. The lowest BCUT2D eigenvalue weighted by Crippen LogP contribution is -2.25. The van der Waals surface area contributed by atoms with E-state index in [4.69, 9.17) is 4.74 Å². The minimum atomic E-state index is 0.0581. The number of nitrogens with one attached hydrogen (secondary N) is 1. The van der Waals surface area contributed by atoms with Crippen LogP contribution in [0.15, 0.2) is 24.3 Å². The molecule has 18 heavy (non-hydrogen) atoms. The summed E-state index contributed by atoms with van der Waals surface area (Å²) in [5, 5.41) is 2.99. The van der Waals surface area contributed by atoms with Gasteiger partial charge in [-0.05, 0) is 37.3 Å². The molecule has 0 aromatic heterocycles. The molecule has 1 aromatic rings. The van der Waals surface area contributed by atoms with Gasteiger partial charge in [0, 0.05) is 12.3 Å². The topological polar surface area (TPSA) is 38.3 Å². The van der Waals surface area contributed by atoms with Crippen LogP contribution in [0, 0.1) is 0 Å². The number of amides is 1. The van der Waals surface area contributed by atoms with Gasteiger partial charge in [0.25, 0.3) is 0 Å². The quantitative estimate of drug-likeness (QED) is 0.887. The van der Waals surface area contributed by atoms with Gasteiger partial charge in [-0.2, -0.15) is 0 Å². The van der Waals surface area contributed by atoms with Crippen molar-refractivity contribution < 1.29 is 9.53 Å². The summed E-state index contributed by atoms with van der Waals surface area (Å²) in [6, 6.07) is 7.95. The van der Waals surface area contributed by atoms with Crippen molar-refractivity contribution in [3.63, 3.8) is 0 Å². The summed E-state index contributed by atoms with van der Waals surface area (Å²) in [6.07, 6.45) is 4.80. The lowest BCUT2D eigenvalue weighted by molar-refractivity contribution is -0.119. The number of para-hydroxylation sites is 1. The Morgan fingerprint density at radius 1 is 1.39 bits per heavy atom. The van der Waals surface area contributed by atoms with Crippen molar-refractivity contribution in [1.29, 1.82) is 0 Å². The molecule has 1 atom stereocenters. The zero-order chi connectivity index (χ0) is 12.8. The van der Waals surface area contributed by atoms with Crippen LogP contribution in [0.4, 0.5) is 5.69 Å². The van der Waals surface area contributed by atoms with E-state index in [1.54, 1.807) is 0 Å². The van der Waals surface area contributed by atoms with Crippen molar-refractivity contribution in [3.8, 4) is 0 Å². The maximum absolute atomic E-state index is 12.0. The normalized spacial score (nSPS) is 19.5. The highest BCUT2D eigenvalue weighted by molar-refractivity contribution is 5.91. The molecular weight excluding hydrogens is 226 g/mol. The Hall–Kier alpha value is -1.35. The van der Waals surface area contributed by atoms with E-state index in [2.05, 4.69) is 12.2 Å². The Morgan fingerprint density at radius 3 is 2.94 bits per heavy atom. The molecular formula is C15H21NO2. The number of ether oxygens (including phenoxy) is 1. The molecule has 3 nitrogen and oxygen atoms in total. The van der Waals surface area contributed by atoms with Gasteiger partial charge in [0.2, 0.25) is 5.91 Å². The molecule has 1 aliphatic heterocycles. The maximum Gasteiger partial charge on any atom is 0.226 e. The average Bonchev–Trinajstić information content (AvgIpc) is 2.40. The van der Waals surface area contributed by atoms with Gasteiger partial charge in [-0.15, -0.1) is 0 Å². The van der Waals surface area contributed by atoms with E-state index < -0.39 is 0 Å². The van der Waals surface area contributed by atoms with E-state index >= 15 is 0 Å². The standard InChI is InChI=1S/C15H21NO2/c1-2-12-7-3-4-9-14(12)16-15(17)11-13-8-5-6-10-18-13/h3-4,7,9,13H,2,5-6,8,10-11H2,1H3,(H,16,17). The second-order valence-electron chi connectivity index (χ2n) is 4.75. The van der Waals surface area contributed by atoms with Crippen molar-refractivity contribution in [2.75, 3.05) is 11.9 Å². The van der Waals surface area contributed by atoms with Crippen LogP contribution in [0.1, 0.15) is 38.2 Å². The molecule has 1 aromatic carbocycles. The van der Waals surface area contributed by atoms with Crippen LogP contribution in [0.5, 0.6) is 0 Å². The monoisotopic (exact) mass is 247 g/mol. The fraction of sp³-hybridized carbons (Fsp3) is 0.533. The zero-order valence-electron chi connectivity index (χ0n) is 10.9. The van der Waals surface area contributed by atoms with Gasteiger partial charge in [0.1, 0.15) is 0 Å². The molecule has 1 heterocycles. The van der Waals surface area contributed by atoms with Crippen LogP contribution in [-0.2, 0) is 16.0 Å². The minimum absolute atomic E-state index is 0.0581. The molecule has 0 bridgehead atoms. The van der Waals surface area contributed by atoms with Crippen LogP contribution in [0.2, 0.25) is 0 Å². The SMILES string of the molecule is CCc1ccccc1NC(=O)CC1CCCCO1. The summed E-state index contributed by atoms with van der Waals surface area (Å²) in [5.41, 5.74) is 2.11. The highest BCUT2D eigenvalue weighted by Crippen LogP contribution is 2.19. The first kappa shape index (κ1) is 13.1. The van der Waals surface area contributed by atoms with Crippen molar-refractivity contribution in [1.82, 2.24) is 0 Å². The van der Waals surface area contributed by atoms with E-state index in [1.165, 1.54) is 12.0 Å². The number of hydrogen-bond acceptors (Lipinski definition) is 2. The number of carbonyl (C=O) groups excluding carboxylic acids is 1. The fourth-order valence-corrected chi connectivity index (χ4v) is 2.33. The number of benzene rings is 1. The molecule has 1 saturated heterocycles. The predicted molar refractivity (Wildman–Crippen MR) is 72.7 cm³/mol. The van der Waals surface area contributed by atoms with Gasteiger partial charge in [0.15, 0.2) is 0 Å². The Labute approximate surface area is 109 Å². The van der Waals surface area contributed by atoms with E-state index in [0.29, 0.717) is 6.42 Å². The summed E-state index contributed by atoms with van der Waals surface area (Å²) >= 11 is 0. The van der Waals surface area contributed by atoms with Gasteiger partial charge < -0.3 is 10.1 Å². The van der Waals surface area contributed by atoms with Crippen LogP contribution in [0.25, 0.3) is 0 Å². The molecule has 0 radical (unpaired) electrons. The molecule has 0 aliphatic carbocycles. The molecule has 0 spiro atoms. The third-order valence-corrected chi connectivity index (χ3v) is 3.36. The van der Waals surface area contributed by atoms with Crippen molar-refractivity contribution in [3.05, 3.63) is 29.8 Å². The second kappa shape index (κ2) is 6.55. The number of carbonyl (C=O) groups is 1. The molecule has 1 unspecified atom stereocenters. The largest absolute Gasteiger partial charge is 0.378 e. The van der Waals surface area contributed by atoms with Gasteiger partial charge >= 0.3 is 0 Å². The lowest BCUT2D eigenvalue weighted by Gasteiger charge is -2.22. The fourth-order valence-electron chi connectivity index (χ4n) is 2.33. The first-order valence-corrected chi connectivity index (χ1v) is 6.79. The Bertz CT molecular complexity index is 397. The molecule has 2 rings (SSSR count). The van der Waals surface area contributed by atoms with Gasteiger partial charge in [-0.3, -0.25) is 4.79 Å². The number of rotatable bonds is 4. The summed E-state index contributed by atoms with van der Waals surface area (Å²) in [7, 11) is 0. The van der Waals surface area contributed by atoms with Gasteiger partial charge in [0.05, 0.1) is 12.5 Å². The summed E-state index contributed by atoms with van der Waals surface area (Å²) < 4.78 is 5.58. The third-order valence-electron chi connectivity index (χ3n) is 3.36. The van der Waals surface area contributed by atoms with Crippen molar-refractivity contribution >= 4 is 11.6 Å². The highest BCUT2D eigenvalue weighted by Gasteiger charge is 2.17. The summed E-state index contributed by atoms with van der Waals surface area (Å²) in [6.45, 7) is 2.89. The van der Waals surface area contributed by atoms with Gasteiger partial charge in [-0.25, -0.2) is 0 Å². The van der Waals surface area contributed by atoms with E-state index in [0.717, 1.165) is 31.6 Å². The smallest absolute Gasteiger partial charge is 0.226 e. The first-order valence-electron chi connectivity index (χ1n) is 6.79. The number of aryl methyl sites for hydroxylation is 1. The highest BCUT2D eigenvalue weighted by atomic mass is 16.5. The molecule has 0 saturated carbocycles. The van der Waals surface area contributed by atoms with E-state index in [-0.39, 0.29) is 12.0 Å². The molecule has 1 aliphatic rings. The van der Waals surface area contributed by atoms with Crippen LogP contribution in [-0.4, -0.2) is 18.6 Å². The second-order valence-corrected chi connectivity index (χ2v) is 4.75. The first-order chi connectivity index (χ1) is 8.79. The predicted octanol–water partition coefficient (Wildman–Crippen LogP) is 3.15. The summed E-state index contributed by atoms with van der Waals surface area (Å²) in [5.74, 6) is 0.0581. The Balaban J connectivity index is 1.90. The lowest BCUT2D eigenvalue weighted by atomic mass is 10.1. The zero-order valence-corrected chi connectivity index (χ0v) is 10.9. The van der Waals surface area contributed by atoms with Crippen LogP contribution >= 0.6 is 0 Å². The van der Waals surface area contributed by atoms with E-state index in [9.17, 15) is 4.79 Å². The van der Waals surface area contributed by atoms with Crippen molar-refractivity contribution in [2.24, 2.45) is 0 Å². The maximum atomic E-state index is 12.0. The van der Waals surface area contributed by atoms with E-state index in [1.807, 2.05) is 24.3 Å². The Morgan fingerprint density at radius 2 is 2.22 bits per heavy atom. The third kappa shape index (κ3) is 3.57. The Kier molecular flexibility index (Phi) is 4.76. The minimum Gasteiger partial charge on any atom is -0.378 e. The molecule has 1 N–H and O–H groups in total. The van der Waals surface area contributed by atoms with Crippen molar-refractivity contribution in [2.45, 2.75) is 45.1 Å². The molecule has 3 heteroatoms. The molecule has 1 amide bonds. The molecule has 98 valence electrons. The number of anilines is 1. The van der Waals surface area contributed by atoms with Crippen LogP contribution in [0.3, 0.4) is 0 Å².